The number of benzene rings is 3. The molecule has 0 bridgehead atoms. The number of alkyl halides is 1. The first-order valence-electron chi connectivity index (χ1n) is 8.67. The van der Waals surface area contributed by atoms with Crippen molar-refractivity contribution >= 4 is 0 Å². The summed E-state index contributed by atoms with van der Waals surface area (Å²) in [4.78, 5) is 4.20. The molecule has 0 amide bonds. The van der Waals surface area contributed by atoms with Crippen LogP contribution >= 0.6 is 0 Å². The summed E-state index contributed by atoms with van der Waals surface area (Å²) in [5.41, 5.74) is -0.281. The van der Waals surface area contributed by atoms with Gasteiger partial charge >= 0.3 is 0 Å². The van der Waals surface area contributed by atoms with Crippen LogP contribution in [0.4, 0.5) is 17.6 Å². The molecule has 1 atom stereocenters. The van der Waals surface area contributed by atoms with Crippen molar-refractivity contribution in [3.05, 3.63) is 102 Å². The van der Waals surface area contributed by atoms with E-state index >= 15 is 4.39 Å². The number of halogens is 4. The van der Waals surface area contributed by atoms with E-state index < -0.39 is 29.2 Å². The van der Waals surface area contributed by atoms with E-state index in [0.717, 1.165) is 0 Å². The van der Waals surface area contributed by atoms with Gasteiger partial charge in [0.15, 0.2) is 6.17 Å². The van der Waals surface area contributed by atoms with Crippen molar-refractivity contribution < 1.29 is 42.1 Å². The monoisotopic (exact) mass is 462 g/mol. The van der Waals surface area contributed by atoms with Crippen LogP contribution in [0.5, 0.6) is 5.75 Å². The summed E-state index contributed by atoms with van der Waals surface area (Å²) in [5, 5.41) is 10.2. The molecule has 3 nitrogen and oxygen atoms in total. The summed E-state index contributed by atoms with van der Waals surface area (Å²) in [6.07, 6.45) is -0.977. The van der Waals surface area contributed by atoms with Crippen molar-refractivity contribution in [3.8, 4) is 22.8 Å². The maximum Gasteiger partial charge on any atom is 0.174 e. The van der Waals surface area contributed by atoms with Crippen LogP contribution in [0.2, 0.25) is 0 Å². The van der Waals surface area contributed by atoms with Crippen LogP contribution in [0.1, 0.15) is 17.4 Å². The third-order valence-electron chi connectivity index (χ3n) is 4.46. The zero-order chi connectivity index (χ0) is 20.5. The normalized spacial score (nSPS) is 11.7. The molecule has 30 heavy (non-hydrogen) atoms. The second kappa shape index (κ2) is 8.80. The molecule has 1 heterocycles. The Kier molecular flexibility index (Phi) is 6.37. The first-order chi connectivity index (χ1) is 14.0. The molecular formula is C22H14F4N2OZn. The van der Waals surface area contributed by atoms with Crippen molar-refractivity contribution in [2.75, 3.05) is 0 Å². The number of phenols is 1. The second-order valence-electron chi connectivity index (χ2n) is 6.36. The Balaban J connectivity index is 0.00000256. The van der Waals surface area contributed by atoms with Crippen LogP contribution in [0, 0.1) is 17.5 Å². The average molecular weight is 464 g/mol. The average Bonchev–Trinajstić information content (AvgIpc) is 3.13. The van der Waals surface area contributed by atoms with Crippen LogP contribution in [-0.4, -0.2) is 14.7 Å². The van der Waals surface area contributed by atoms with Crippen molar-refractivity contribution in [2.24, 2.45) is 0 Å². The first kappa shape index (κ1) is 21.7. The number of hydrogen-bond donors (Lipinski definition) is 1. The molecule has 148 valence electrons. The van der Waals surface area contributed by atoms with Crippen molar-refractivity contribution in [2.45, 2.75) is 6.17 Å². The van der Waals surface area contributed by atoms with Gasteiger partial charge in [0.2, 0.25) is 0 Å². The first-order valence-corrected chi connectivity index (χ1v) is 8.67. The summed E-state index contributed by atoms with van der Waals surface area (Å²) in [5.74, 6) is -3.71. The maximum absolute atomic E-state index is 15.1. The summed E-state index contributed by atoms with van der Waals surface area (Å²) >= 11 is 0. The summed E-state index contributed by atoms with van der Waals surface area (Å²) in [7, 11) is 0. The van der Waals surface area contributed by atoms with Crippen molar-refractivity contribution in [3.63, 3.8) is 0 Å². The van der Waals surface area contributed by atoms with Gasteiger partial charge in [-0.25, -0.2) is 22.5 Å². The molecule has 0 saturated heterocycles. The van der Waals surface area contributed by atoms with Gasteiger partial charge in [0.1, 0.15) is 29.0 Å². The molecule has 0 aliphatic heterocycles. The van der Waals surface area contributed by atoms with Crippen LogP contribution < -0.4 is 0 Å². The minimum absolute atomic E-state index is 0. The van der Waals surface area contributed by atoms with Gasteiger partial charge in [0, 0.05) is 43.5 Å². The van der Waals surface area contributed by atoms with Crippen LogP contribution in [0.15, 0.2) is 72.9 Å². The minimum Gasteiger partial charge on any atom is -0.507 e. The summed E-state index contributed by atoms with van der Waals surface area (Å²) in [6.45, 7) is 0. The number of hydrogen-bond acceptors (Lipinski definition) is 2. The van der Waals surface area contributed by atoms with Gasteiger partial charge in [0.05, 0.1) is 16.8 Å². The molecule has 0 fully saturated rings. The molecule has 1 N–H and O–H groups in total. The predicted octanol–water partition coefficient (Wildman–Crippen LogP) is 5.72. The molecule has 8 heteroatoms. The van der Waals surface area contributed by atoms with E-state index in [1.165, 1.54) is 16.8 Å². The molecule has 0 radical (unpaired) electrons. The van der Waals surface area contributed by atoms with E-state index in [4.69, 9.17) is 0 Å². The molecule has 1 aromatic heterocycles. The Hall–Kier alpha value is -2.99. The number of para-hydroxylation sites is 2. The molecule has 4 aromatic rings. The molecule has 0 spiro atoms. The van der Waals surface area contributed by atoms with Crippen molar-refractivity contribution in [1.82, 2.24) is 9.55 Å². The van der Waals surface area contributed by atoms with Gasteiger partial charge in [-0.1, -0.05) is 30.3 Å². The molecule has 4 rings (SSSR count). The molecule has 0 aliphatic rings. The number of rotatable bonds is 4. The SMILES string of the molecule is Oc1ccccc1-c1nc(C(F)c2c(F)cc(F)cc2F)cn1-c1ccccc1.[Zn]. The zero-order valence-electron chi connectivity index (χ0n) is 15.6. The number of nitrogens with zero attached hydrogens (tertiary/aromatic N) is 2. The summed E-state index contributed by atoms with van der Waals surface area (Å²) < 4.78 is 57.9. The van der Waals surface area contributed by atoms with Gasteiger partial charge in [0.25, 0.3) is 0 Å². The number of aromatic nitrogens is 2. The van der Waals surface area contributed by atoms with Gasteiger partial charge in [-0.2, -0.15) is 0 Å². The summed E-state index contributed by atoms with van der Waals surface area (Å²) in [6, 6.07) is 16.0. The fourth-order valence-electron chi connectivity index (χ4n) is 3.10. The molecule has 0 saturated carbocycles. The van der Waals surface area contributed by atoms with Gasteiger partial charge < -0.3 is 5.11 Å². The van der Waals surface area contributed by atoms with E-state index in [-0.39, 0.29) is 36.7 Å². The quantitative estimate of drug-likeness (QED) is 0.310. The van der Waals surface area contributed by atoms with Gasteiger partial charge in [-0.05, 0) is 24.3 Å². The molecule has 3 aromatic carbocycles. The molecule has 0 aliphatic carbocycles. The Morgan fingerprint density at radius 2 is 1.47 bits per heavy atom. The second-order valence-corrected chi connectivity index (χ2v) is 6.36. The Morgan fingerprint density at radius 3 is 2.10 bits per heavy atom. The largest absolute Gasteiger partial charge is 0.507 e. The third-order valence-corrected chi connectivity index (χ3v) is 4.46. The third kappa shape index (κ3) is 4.00. The van der Waals surface area contributed by atoms with Crippen LogP contribution in [0.3, 0.4) is 0 Å². The van der Waals surface area contributed by atoms with Gasteiger partial charge in [-0.15, -0.1) is 0 Å². The zero-order valence-corrected chi connectivity index (χ0v) is 18.5. The fraction of sp³-hybridized carbons (Fsp3) is 0.0455. The van der Waals surface area contributed by atoms with E-state index in [9.17, 15) is 18.3 Å². The van der Waals surface area contributed by atoms with E-state index in [2.05, 4.69) is 4.98 Å². The number of phenolic OH excluding ortho intramolecular Hbond substituents is 1. The number of aromatic hydroxyl groups is 1. The van der Waals surface area contributed by atoms with Crippen molar-refractivity contribution in [1.29, 1.82) is 0 Å². The minimum atomic E-state index is -2.27. The molecule has 1 unspecified atom stereocenters. The smallest absolute Gasteiger partial charge is 0.174 e. The van der Waals surface area contributed by atoms with Crippen LogP contribution in [0.25, 0.3) is 17.1 Å². The maximum atomic E-state index is 15.1. The van der Waals surface area contributed by atoms with Gasteiger partial charge in [-0.3, -0.25) is 4.57 Å². The molecular weight excluding hydrogens is 450 g/mol. The fourth-order valence-corrected chi connectivity index (χ4v) is 3.10. The predicted molar refractivity (Wildman–Crippen MR) is 99.9 cm³/mol. The Morgan fingerprint density at radius 1 is 0.867 bits per heavy atom. The van der Waals surface area contributed by atoms with Crippen LogP contribution in [-0.2, 0) is 19.5 Å². The topological polar surface area (TPSA) is 38.1 Å². The van der Waals surface area contributed by atoms with E-state index in [1.807, 2.05) is 0 Å². The van der Waals surface area contributed by atoms with E-state index in [1.54, 1.807) is 48.5 Å². The number of imidazole rings is 1. The standard InChI is InChI=1S/C22H14F4N2O.Zn/c23-13-10-16(24)20(17(25)11-13)21(26)18-12-28(14-6-2-1-3-7-14)22(27-18)15-8-4-5-9-19(15)29;/h1-12,21,29H;. The Labute approximate surface area is 182 Å². The van der Waals surface area contributed by atoms with E-state index in [0.29, 0.717) is 23.4 Å². The Bertz CT molecular complexity index is 1160.